The van der Waals surface area contributed by atoms with Crippen molar-refractivity contribution in [3.8, 4) is 0 Å². The van der Waals surface area contributed by atoms with Gasteiger partial charge in [0.2, 0.25) is 0 Å². The molecule has 3 N–H and O–H groups in total. The summed E-state index contributed by atoms with van der Waals surface area (Å²) in [5, 5.41) is 10.00. The van der Waals surface area contributed by atoms with Crippen molar-refractivity contribution in [1.82, 2.24) is 0 Å². The molecule has 1 rings (SSSR count). The van der Waals surface area contributed by atoms with E-state index >= 15 is 0 Å². The molecule has 96 valence electrons. The lowest BCUT2D eigenvalue weighted by atomic mass is 9.93. The van der Waals surface area contributed by atoms with Crippen LogP contribution in [0.15, 0.2) is 18.2 Å². The minimum absolute atomic E-state index is 0.268. The molecule has 0 radical (unpaired) electrons. The molecule has 3 heteroatoms. The van der Waals surface area contributed by atoms with Gasteiger partial charge in [-0.15, -0.1) is 0 Å². The maximum Gasteiger partial charge on any atom is 0.123 e. The summed E-state index contributed by atoms with van der Waals surface area (Å²) in [6.07, 6.45) is 1.05. The van der Waals surface area contributed by atoms with Crippen molar-refractivity contribution in [2.24, 2.45) is 11.7 Å². The molecule has 0 spiro atoms. The molecular formula is C14H22FNO. The van der Waals surface area contributed by atoms with Crippen molar-refractivity contribution >= 4 is 0 Å². The summed E-state index contributed by atoms with van der Waals surface area (Å²) in [4.78, 5) is 0. The monoisotopic (exact) mass is 239 g/mol. The Morgan fingerprint density at radius 2 is 1.94 bits per heavy atom. The average molecular weight is 239 g/mol. The third kappa shape index (κ3) is 4.10. The van der Waals surface area contributed by atoms with E-state index in [1.807, 2.05) is 6.92 Å². The van der Waals surface area contributed by atoms with Gasteiger partial charge < -0.3 is 10.8 Å². The maximum absolute atomic E-state index is 13.0. The number of aryl methyl sites for hydroxylation is 1. The quantitative estimate of drug-likeness (QED) is 0.830. The van der Waals surface area contributed by atoms with Crippen molar-refractivity contribution in [2.75, 3.05) is 0 Å². The van der Waals surface area contributed by atoms with Gasteiger partial charge in [-0.05, 0) is 48.9 Å². The molecule has 2 atom stereocenters. The van der Waals surface area contributed by atoms with Crippen molar-refractivity contribution < 1.29 is 9.50 Å². The average Bonchev–Trinajstić information content (AvgIpc) is 2.25. The molecule has 0 unspecified atom stereocenters. The summed E-state index contributed by atoms with van der Waals surface area (Å²) in [6.45, 7) is 6.04. The second-order valence-electron chi connectivity index (χ2n) is 5.07. The number of benzene rings is 1. The first-order chi connectivity index (χ1) is 7.91. The van der Waals surface area contributed by atoms with Gasteiger partial charge in [0.15, 0.2) is 0 Å². The topological polar surface area (TPSA) is 46.2 Å². The van der Waals surface area contributed by atoms with Crippen molar-refractivity contribution in [2.45, 2.75) is 45.8 Å². The molecule has 1 aromatic carbocycles. The van der Waals surface area contributed by atoms with Crippen LogP contribution >= 0.6 is 0 Å². The first-order valence-electron chi connectivity index (χ1n) is 6.11. The van der Waals surface area contributed by atoms with Gasteiger partial charge in [-0.3, -0.25) is 0 Å². The zero-order chi connectivity index (χ0) is 13.0. The Hall–Kier alpha value is -0.930. The number of rotatable bonds is 5. The molecule has 0 aliphatic rings. The number of halogens is 1. The number of aliphatic hydroxyl groups is 1. The van der Waals surface area contributed by atoms with Crippen LogP contribution in [0.1, 0.15) is 43.9 Å². The van der Waals surface area contributed by atoms with E-state index in [1.54, 1.807) is 6.07 Å². The molecule has 0 saturated carbocycles. The van der Waals surface area contributed by atoms with Crippen molar-refractivity contribution in [3.05, 3.63) is 35.1 Å². The molecule has 0 amide bonds. The van der Waals surface area contributed by atoms with Crippen LogP contribution in [0.25, 0.3) is 0 Å². The highest BCUT2D eigenvalue weighted by Crippen LogP contribution is 2.22. The zero-order valence-corrected chi connectivity index (χ0v) is 10.8. The SMILES string of the molecule is Cc1cc(F)ccc1[C@@H](N)[C@@H](O)CCC(C)C. The highest BCUT2D eigenvalue weighted by atomic mass is 19.1. The fraction of sp³-hybridized carbons (Fsp3) is 0.571. The highest BCUT2D eigenvalue weighted by molar-refractivity contribution is 5.29. The van der Waals surface area contributed by atoms with E-state index in [4.69, 9.17) is 5.73 Å². The van der Waals surface area contributed by atoms with Gasteiger partial charge in [0, 0.05) is 0 Å². The predicted octanol–water partition coefficient (Wildman–Crippen LogP) is 2.93. The van der Waals surface area contributed by atoms with Crippen molar-refractivity contribution in [3.63, 3.8) is 0 Å². The number of hydrogen-bond acceptors (Lipinski definition) is 2. The van der Waals surface area contributed by atoms with Crippen LogP contribution in [0.4, 0.5) is 4.39 Å². The Balaban J connectivity index is 2.71. The van der Waals surface area contributed by atoms with Crippen LogP contribution in [-0.4, -0.2) is 11.2 Å². The molecule has 2 nitrogen and oxygen atoms in total. The normalized spacial score (nSPS) is 15.0. The second-order valence-corrected chi connectivity index (χ2v) is 5.07. The molecule has 0 aliphatic heterocycles. The summed E-state index contributed by atoms with van der Waals surface area (Å²) in [5.74, 6) is 0.279. The van der Waals surface area contributed by atoms with E-state index in [2.05, 4.69) is 13.8 Å². The van der Waals surface area contributed by atoms with E-state index in [1.165, 1.54) is 12.1 Å². The summed E-state index contributed by atoms with van der Waals surface area (Å²) in [6, 6.07) is 4.06. The molecule has 0 aliphatic carbocycles. The Bertz CT molecular complexity index is 365. The van der Waals surface area contributed by atoms with E-state index in [-0.39, 0.29) is 5.82 Å². The predicted molar refractivity (Wildman–Crippen MR) is 68.1 cm³/mol. The smallest absolute Gasteiger partial charge is 0.123 e. The molecular weight excluding hydrogens is 217 g/mol. The zero-order valence-electron chi connectivity index (χ0n) is 10.8. The Morgan fingerprint density at radius 1 is 1.29 bits per heavy atom. The van der Waals surface area contributed by atoms with Gasteiger partial charge in [0.25, 0.3) is 0 Å². The van der Waals surface area contributed by atoms with Gasteiger partial charge in [-0.25, -0.2) is 4.39 Å². The van der Waals surface area contributed by atoms with E-state index in [9.17, 15) is 9.50 Å². The third-order valence-corrected chi connectivity index (χ3v) is 3.05. The number of nitrogens with two attached hydrogens (primary N) is 1. The molecule has 0 fully saturated rings. The maximum atomic E-state index is 13.0. The van der Waals surface area contributed by atoms with Gasteiger partial charge >= 0.3 is 0 Å². The highest BCUT2D eigenvalue weighted by Gasteiger charge is 2.18. The summed E-state index contributed by atoms with van der Waals surface area (Å²) in [5.41, 5.74) is 7.62. The van der Waals surface area contributed by atoms with Crippen LogP contribution in [0.5, 0.6) is 0 Å². The van der Waals surface area contributed by atoms with Crippen molar-refractivity contribution in [1.29, 1.82) is 0 Å². The number of hydrogen-bond donors (Lipinski definition) is 2. The Labute approximate surface area is 103 Å². The van der Waals surface area contributed by atoms with E-state index in [0.717, 1.165) is 17.5 Å². The molecule has 0 bridgehead atoms. The lowest BCUT2D eigenvalue weighted by Gasteiger charge is -2.21. The Kier molecular flexibility index (Phi) is 5.09. The Morgan fingerprint density at radius 3 is 2.47 bits per heavy atom. The first kappa shape index (κ1) is 14.1. The van der Waals surface area contributed by atoms with E-state index in [0.29, 0.717) is 12.3 Å². The van der Waals surface area contributed by atoms with Crippen LogP contribution in [0, 0.1) is 18.7 Å². The molecule has 0 heterocycles. The molecule has 0 saturated heterocycles. The largest absolute Gasteiger partial charge is 0.391 e. The molecule has 0 aromatic heterocycles. The van der Waals surface area contributed by atoms with Crippen LogP contribution in [0.3, 0.4) is 0 Å². The standard InChI is InChI=1S/C14H22FNO/c1-9(2)4-7-13(17)14(16)12-6-5-11(15)8-10(12)3/h5-6,8-9,13-14,17H,4,7,16H2,1-3H3/t13-,14+/m0/s1. The summed E-state index contributed by atoms with van der Waals surface area (Å²) < 4.78 is 13.0. The van der Waals surface area contributed by atoms with Gasteiger partial charge in [0.1, 0.15) is 5.82 Å². The summed E-state index contributed by atoms with van der Waals surface area (Å²) >= 11 is 0. The van der Waals surface area contributed by atoms with Crippen LogP contribution < -0.4 is 5.73 Å². The fourth-order valence-corrected chi connectivity index (χ4v) is 1.90. The molecule has 17 heavy (non-hydrogen) atoms. The minimum Gasteiger partial charge on any atom is -0.391 e. The lowest BCUT2D eigenvalue weighted by molar-refractivity contribution is 0.128. The minimum atomic E-state index is -0.568. The lowest BCUT2D eigenvalue weighted by Crippen LogP contribution is -2.27. The van der Waals surface area contributed by atoms with E-state index < -0.39 is 12.1 Å². The molecule has 1 aromatic rings. The van der Waals surface area contributed by atoms with Gasteiger partial charge in [-0.2, -0.15) is 0 Å². The van der Waals surface area contributed by atoms with Gasteiger partial charge in [0.05, 0.1) is 12.1 Å². The fourth-order valence-electron chi connectivity index (χ4n) is 1.90. The summed E-state index contributed by atoms with van der Waals surface area (Å²) in [7, 11) is 0. The van der Waals surface area contributed by atoms with Crippen LogP contribution in [-0.2, 0) is 0 Å². The van der Waals surface area contributed by atoms with Gasteiger partial charge in [-0.1, -0.05) is 19.9 Å². The second kappa shape index (κ2) is 6.12. The number of aliphatic hydroxyl groups excluding tert-OH is 1. The first-order valence-corrected chi connectivity index (χ1v) is 6.11. The third-order valence-electron chi connectivity index (χ3n) is 3.05. The van der Waals surface area contributed by atoms with Crippen LogP contribution in [0.2, 0.25) is 0 Å².